The minimum absolute atomic E-state index is 0.0661. The van der Waals surface area contributed by atoms with Crippen LogP contribution in [-0.4, -0.2) is 28.5 Å². The summed E-state index contributed by atoms with van der Waals surface area (Å²) in [7, 11) is 0. The predicted molar refractivity (Wildman–Crippen MR) is 87.2 cm³/mol. The van der Waals surface area contributed by atoms with Gasteiger partial charge in [0.25, 0.3) is 0 Å². The van der Waals surface area contributed by atoms with Gasteiger partial charge < -0.3 is 10.0 Å². The summed E-state index contributed by atoms with van der Waals surface area (Å²) in [5.41, 5.74) is 0.902. The van der Waals surface area contributed by atoms with Gasteiger partial charge in [0.15, 0.2) is 0 Å². The lowest BCUT2D eigenvalue weighted by atomic mass is 9.77. The Hall–Kier alpha value is -1.86. The molecule has 122 valence electrons. The Morgan fingerprint density at radius 2 is 2.00 bits per heavy atom. The van der Waals surface area contributed by atoms with E-state index in [9.17, 15) is 9.90 Å². The summed E-state index contributed by atoms with van der Waals surface area (Å²) in [4.78, 5) is 14.6. The molecule has 1 aromatic rings. The second-order valence-corrected chi connectivity index (χ2v) is 6.72. The van der Waals surface area contributed by atoms with Crippen molar-refractivity contribution >= 4 is 5.91 Å². The number of rotatable bonds is 5. The maximum atomic E-state index is 12.7. The average molecular weight is 312 g/mol. The third-order valence-corrected chi connectivity index (χ3v) is 5.43. The normalized spacial score (nSPS) is 28.3. The Morgan fingerprint density at radius 3 is 2.74 bits per heavy atom. The van der Waals surface area contributed by atoms with Gasteiger partial charge in [0.05, 0.1) is 18.6 Å². The van der Waals surface area contributed by atoms with E-state index in [0.717, 1.165) is 24.8 Å². The second-order valence-electron chi connectivity index (χ2n) is 6.72. The van der Waals surface area contributed by atoms with E-state index in [-0.39, 0.29) is 17.9 Å². The highest BCUT2D eigenvalue weighted by molar-refractivity contribution is 5.82. The van der Waals surface area contributed by atoms with Crippen LogP contribution in [0, 0.1) is 23.2 Å². The minimum atomic E-state index is -0.556. The quantitative estimate of drug-likeness (QED) is 0.909. The molecule has 2 aliphatic rings. The molecule has 0 bridgehead atoms. The van der Waals surface area contributed by atoms with Crippen LogP contribution < -0.4 is 0 Å². The standard InChI is InChI=1S/C19H24N2O2/c20-11-6-12-21-17(13-18(22)14-7-2-1-3-8-14)15-9-4-5-10-16(15)19(21)23/h1-3,7-8,15-18,22H,4-6,9-10,12-13H2/t15-,16+,17+,18-/m1/s1. The van der Waals surface area contributed by atoms with Crippen molar-refractivity contribution in [3.8, 4) is 6.07 Å². The number of fused-ring (bicyclic) bond motifs is 1. The van der Waals surface area contributed by atoms with Crippen LogP contribution in [-0.2, 0) is 4.79 Å². The van der Waals surface area contributed by atoms with Crippen LogP contribution in [0.4, 0.5) is 0 Å². The van der Waals surface area contributed by atoms with E-state index in [4.69, 9.17) is 5.26 Å². The van der Waals surface area contributed by atoms with E-state index in [1.165, 1.54) is 6.42 Å². The summed E-state index contributed by atoms with van der Waals surface area (Å²) in [6, 6.07) is 11.9. The van der Waals surface area contributed by atoms with E-state index in [1.54, 1.807) is 0 Å². The molecule has 1 aliphatic heterocycles. The van der Waals surface area contributed by atoms with E-state index in [0.29, 0.717) is 25.3 Å². The molecular weight excluding hydrogens is 288 g/mol. The molecule has 0 spiro atoms. The van der Waals surface area contributed by atoms with Crippen molar-refractivity contribution in [1.82, 2.24) is 4.90 Å². The van der Waals surface area contributed by atoms with E-state index in [1.807, 2.05) is 35.2 Å². The molecule has 4 atom stereocenters. The fourth-order valence-corrected chi connectivity index (χ4v) is 4.32. The summed E-state index contributed by atoms with van der Waals surface area (Å²) >= 11 is 0. The molecule has 4 heteroatoms. The number of aliphatic hydroxyl groups is 1. The highest BCUT2D eigenvalue weighted by atomic mass is 16.3. The van der Waals surface area contributed by atoms with Gasteiger partial charge in [0.1, 0.15) is 0 Å². The first-order chi connectivity index (χ1) is 11.2. The number of carbonyl (C=O) groups excluding carboxylic acids is 1. The molecule has 1 saturated heterocycles. The molecule has 2 fully saturated rings. The van der Waals surface area contributed by atoms with Crippen molar-refractivity contribution < 1.29 is 9.90 Å². The third kappa shape index (κ3) is 3.25. The molecule has 23 heavy (non-hydrogen) atoms. The lowest BCUT2D eigenvalue weighted by Crippen LogP contribution is -2.37. The first-order valence-electron chi connectivity index (χ1n) is 8.63. The smallest absolute Gasteiger partial charge is 0.226 e. The highest BCUT2D eigenvalue weighted by Gasteiger charge is 2.48. The molecule has 1 N–H and O–H groups in total. The van der Waals surface area contributed by atoms with Crippen LogP contribution >= 0.6 is 0 Å². The Kier molecular flexibility index (Phi) is 4.97. The molecular formula is C19H24N2O2. The first-order valence-corrected chi connectivity index (χ1v) is 8.63. The number of aliphatic hydroxyl groups excluding tert-OH is 1. The van der Waals surface area contributed by atoms with Crippen molar-refractivity contribution in [2.45, 2.75) is 50.7 Å². The maximum Gasteiger partial charge on any atom is 0.226 e. The summed E-state index contributed by atoms with van der Waals surface area (Å²) < 4.78 is 0. The van der Waals surface area contributed by atoms with Crippen molar-refractivity contribution in [3.05, 3.63) is 35.9 Å². The van der Waals surface area contributed by atoms with Crippen LogP contribution in [0.25, 0.3) is 0 Å². The largest absolute Gasteiger partial charge is 0.388 e. The lowest BCUT2D eigenvalue weighted by molar-refractivity contribution is -0.132. The van der Waals surface area contributed by atoms with Gasteiger partial charge in [-0.05, 0) is 30.7 Å². The van der Waals surface area contributed by atoms with Crippen molar-refractivity contribution in [3.63, 3.8) is 0 Å². The maximum absolute atomic E-state index is 12.7. The zero-order chi connectivity index (χ0) is 16.2. The third-order valence-electron chi connectivity index (χ3n) is 5.43. The summed E-state index contributed by atoms with van der Waals surface area (Å²) in [5, 5.41) is 19.5. The first kappa shape index (κ1) is 16.0. The van der Waals surface area contributed by atoms with Crippen LogP contribution in [0.5, 0.6) is 0 Å². The zero-order valence-electron chi connectivity index (χ0n) is 13.4. The molecule has 3 rings (SSSR count). The van der Waals surface area contributed by atoms with Gasteiger partial charge >= 0.3 is 0 Å². The van der Waals surface area contributed by atoms with Gasteiger partial charge in [-0.3, -0.25) is 4.79 Å². The molecule has 1 amide bonds. The molecule has 0 unspecified atom stereocenters. The van der Waals surface area contributed by atoms with Crippen LogP contribution in [0.2, 0.25) is 0 Å². The van der Waals surface area contributed by atoms with Gasteiger partial charge in [-0.1, -0.05) is 43.2 Å². The zero-order valence-corrected chi connectivity index (χ0v) is 13.4. The van der Waals surface area contributed by atoms with Gasteiger partial charge in [0, 0.05) is 18.5 Å². The average Bonchev–Trinajstić information content (AvgIpc) is 2.86. The van der Waals surface area contributed by atoms with Crippen LogP contribution in [0.15, 0.2) is 30.3 Å². The van der Waals surface area contributed by atoms with Crippen LogP contribution in [0.3, 0.4) is 0 Å². The van der Waals surface area contributed by atoms with E-state index < -0.39 is 6.10 Å². The van der Waals surface area contributed by atoms with Gasteiger partial charge in [-0.2, -0.15) is 5.26 Å². The number of benzene rings is 1. The Labute approximate surface area is 137 Å². The Bertz CT molecular complexity index is 581. The van der Waals surface area contributed by atoms with Crippen molar-refractivity contribution in [2.24, 2.45) is 11.8 Å². The molecule has 1 aromatic carbocycles. The SMILES string of the molecule is N#CCCN1C(=O)[C@H]2CCCC[C@H]2[C@@H]1C[C@@H](O)c1ccccc1. The highest BCUT2D eigenvalue weighted by Crippen LogP contribution is 2.44. The number of nitrogens with zero attached hydrogens (tertiary/aromatic N) is 2. The fourth-order valence-electron chi connectivity index (χ4n) is 4.32. The monoisotopic (exact) mass is 312 g/mol. The van der Waals surface area contributed by atoms with Crippen molar-refractivity contribution in [1.29, 1.82) is 5.26 Å². The summed E-state index contributed by atoms with van der Waals surface area (Å²) in [5.74, 6) is 0.652. The van der Waals surface area contributed by atoms with E-state index in [2.05, 4.69) is 6.07 Å². The van der Waals surface area contributed by atoms with Crippen molar-refractivity contribution in [2.75, 3.05) is 6.54 Å². The predicted octanol–water partition coefficient (Wildman–Crippen LogP) is 3.04. The van der Waals surface area contributed by atoms with Gasteiger partial charge in [0.2, 0.25) is 5.91 Å². The molecule has 0 aromatic heterocycles. The Morgan fingerprint density at radius 1 is 1.26 bits per heavy atom. The number of hydrogen-bond acceptors (Lipinski definition) is 3. The molecule has 4 nitrogen and oxygen atoms in total. The minimum Gasteiger partial charge on any atom is -0.388 e. The summed E-state index contributed by atoms with van der Waals surface area (Å²) in [6.45, 7) is 0.495. The number of likely N-dealkylation sites (tertiary alicyclic amines) is 1. The number of carbonyl (C=O) groups is 1. The van der Waals surface area contributed by atoms with E-state index >= 15 is 0 Å². The molecule has 1 heterocycles. The fraction of sp³-hybridized carbons (Fsp3) is 0.579. The Balaban J connectivity index is 1.78. The second kappa shape index (κ2) is 7.14. The van der Waals surface area contributed by atoms with Gasteiger partial charge in [-0.25, -0.2) is 0 Å². The number of nitriles is 1. The summed E-state index contributed by atoms with van der Waals surface area (Å²) in [6.07, 6.45) is 4.69. The number of hydrogen-bond donors (Lipinski definition) is 1. The molecule has 1 aliphatic carbocycles. The molecule has 0 radical (unpaired) electrons. The number of amides is 1. The van der Waals surface area contributed by atoms with Gasteiger partial charge in [-0.15, -0.1) is 0 Å². The lowest BCUT2D eigenvalue weighted by Gasteiger charge is -2.31. The topological polar surface area (TPSA) is 64.3 Å². The molecule has 1 saturated carbocycles. The van der Waals surface area contributed by atoms with Crippen LogP contribution in [0.1, 0.15) is 50.2 Å².